The highest BCUT2D eigenvalue weighted by Gasteiger charge is 2.18. The van der Waals surface area contributed by atoms with Crippen LogP contribution in [0.4, 0.5) is 5.69 Å². The summed E-state index contributed by atoms with van der Waals surface area (Å²) in [4.78, 5) is 25.0. The minimum absolute atomic E-state index is 0.0119. The molecule has 23 heavy (non-hydrogen) atoms. The van der Waals surface area contributed by atoms with Gasteiger partial charge in [0.1, 0.15) is 5.56 Å². The number of pyridine rings is 1. The van der Waals surface area contributed by atoms with Gasteiger partial charge < -0.3 is 20.7 Å². The molecule has 1 amide bonds. The van der Waals surface area contributed by atoms with Crippen molar-refractivity contribution in [2.24, 2.45) is 0 Å². The van der Waals surface area contributed by atoms with Crippen LogP contribution in [-0.2, 0) is 0 Å². The van der Waals surface area contributed by atoms with Gasteiger partial charge >= 0.3 is 0 Å². The number of nitrogens with two attached hydrogens (primary N) is 1. The van der Waals surface area contributed by atoms with Crippen molar-refractivity contribution >= 4 is 22.5 Å². The summed E-state index contributed by atoms with van der Waals surface area (Å²) in [5.41, 5.74) is 6.80. The Morgan fingerprint density at radius 3 is 2.83 bits per heavy atom. The number of aliphatic hydroxyl groups excluding tert-OH is 1. The smallest absolute Gasteiger partial charge is 0.256 e. The molecular weight excluding hydrogens is 294 g/mol. The van der Waals surface area contributed by atoms with Crippen LogP contribution in [-0.4, -0.2) is 28.7 Å². The molecule has 0 saturated carbocycles. The molecule has 1 unspecified atom stereocenters. The highest BCUT2D eigenvalue weighted by molar-refractivity contribution is 6.00. The summed E-state index contributed by atoms with van der Waals surface area (Å²) >= 11 is 0. The van der Waals surface area contributed by atoms with Gasteiger partial charge in [0.2, 0.25) is 5.43 Å². The van der Waals surface area contributed by atoms with Crippen molar-refractivity contribution in [3.8, 4) is 0 Å². The lowest BCUT2D eigenvalue weighted by Crippen LogP contribution is -2.31. The van der Waals surface area contributed by atoms with E-state index in [4.69, 9.17) is 10.8 Å². The van der Waals surface area contributed by atoms with Gasteiger partial charge in [-0.3, -0.25) is 9.59 Å². The van der Waals surface area contributed by atoms with Gasteiger partial charge in [0.15, 0.2) is 0 Å². The number of hydrogen-bond donors (Lipinski definition) is 3. The molecule has 0 aliphatic carbocycles. The van der Waals surface area contributed by atoms with Gasteiger partial charge in [-0.25, -0.2) is 0 Å². The third kappa shape index (κ3) is 3.37. The molecule has 1 aromatic carbocycles. The lowest BCUT2D eigenvalue weighted by molar-refractivity contribution is 0.0949. The average Bonchev–Trinajstić information content (AvgIpc) is 2.54. The quantitative estimate of drug-likeness (QED) is 0.557. The number of benzene rings is 1. The first kappa shape index (κ1) is 17.0. The predicted molar refractivity (Wildman–Crippen MR) is 91.7 cm³/mol. The molecule has 6 heteroatoms. The highest BCUT2D eigenvalue weighted by Crippen LogP contribution is 2.23. The zero-order valence-electron chi connectivity index (χ0n) is 13.5. The van der Waals surface area contributed by atoms with Gasteiger partial charge in [-0.05, 0) is 31.9 Å². The zero-order valence-corrected chi connectivity index (χ0v) is 13.5. The van der Waals surface area contributed by atoms with E-state index >= 15 is 0 Å². The lowest BCUT2D eigenvalue weighted by atomic mass is 10.1. The Morgan fingerprint density at radius 2 is 2.17 bits per heavy atom. The fourth-order valence-corrected chi connectivity index (χ4v) is 2.52. The molecule has 0 aliphatic rings. The Labute approximate surface area is 134 Å². The molecule has 1 aromatic heterocycles. The maximum Gasteiger partial charge on any atom is 0.256 e. The van der Waals surface area contributed by atoms with Crippen molar-refractivity contribution in [2.45, 2.75) is 32.7 Å². The number of amides is 1. The third-order valence-electron chi connectivity index (χ3n) is 4.02. The van der Waals surface area contributed by atoms with Crippen molar-refractivity contribution in [1.82, 2.24) is 9.88 Å². The number of nitrogens with one attached hydrogen (secondary N) is 1. The largest absolute Gasteiger partial charge is 0.398 e. The average molecular weight is 317 g/mol. The number of nitrogen functional groups attached to an aromatic ring is 1. The molecule has 0 radical (unpaired) electrons. The van der Waals surface area contributed by atoms with Crippen molar-refractivity contribution in [3.63, 3.8) is 0 Å². The second-order valence-electron chi connectivity index (χ2n) is 5.61. The summed E-state index contributed by atoms with van der Waals surface area (Å²) in [5, 5.41) is 11.8. The summed E-state index contributed by atoms with van der Waals surface area (Å²) in [5.74, 6) is -0.439. The van der Waals surface area contributed by atoms with Crippen molar-refractivity contribution < 1.29 is 9.90 Å². The molecule has 2 rings (SSSR count). The molecule has 1 atom stereocenters. The Kier molecular flexibility index (Phi) is 5.39. The minimum atomic E-state index is -0.439. The van der Waals surface area contributed by atoms with E-state index < -0.39 is 5.91 Å². The van der Waals surface area contributed by atoms with Gasteiger partial charge in [-0.1, -0.05) is 13.0 Å². The number of carbonyl (C=O) groups excluding carboxylic acids is 1. The van der Waals surface area contributed by atoms with Gasteiger partial charge in [-0.15, -0.1) is 0 Å². The molecule has 0 fully saturated rings. The summed E-state index contributed by atoms with van der Waals surface area (Å²) in [7, 11) is 0. The summed E-state index contributed by atoms with van der Waals surface area (Å²) in [6, 6.07) is 5.44. The van der Waals surface area contributed by atoms with Crippen LogP contribution in [0.1, 0.15) is 43.1 Å². The molecule has 2 aromatic rings. The molecular formula is C17H23N3O3. The zero-order chi connectivity index (χ0) is 17.0. The maximum atomic E-state index is 12.7. The third-order valence-corrected chi connectivity index (χ3v) is 4.02. The summed E-state index contributed by atoms with van der Waals surface area (Å²) in [6.45, 7) is 4.38. The molecule has 124 valence electrons. The van der Waals surface area contributed by atoms with Crippen LogP contribution in [0.3, 0.4) is 0 Å². The molecule has 0 saturated heterocycles. The van der Waals surface area contributed by atoms with E-state index in [-0.39, 0.29) is 23.6 Å². The van der Waals surface area contributed by atoms with E-state index in [1.54, 1.807) is 18.3 Å². The van der Waals surface area contributed by atoms with Crippen LogP contribution in [0.15, 0.2) is 29.2 Å². The van der Waals surface area contributed by atoms with Crippen molar-refractivity contribution in [2.75, 3.05) is 18.9 Å². The number of fused-ring (bicyclic) bond motifs is 1. The molecule has 0 bridgehead atoms. The van der Waals surface area contributed by atoms with E-state index in [0.29, 0.717) is 24.0 Å². The minimum Gasteiger partial charge on any atom is -0.398 e. The fourth-order valence-electron chi connectivity index (χ4n) is 2.52. The first-order valence-electron chi connectivity index (χ1n) is 7.83. The topological polar surface area (TPSA) is 97.4 Å². The number of aromatic nitrogens is 1. The Hall–Kier alpha value is -2.34. The van der Waals surface area contributed by atoms with Gasteiger partial charge in [0.25, 0.3) is 5.91 Å². The van der Waals surface area contributed by atoms with Crippen LogP contribution in [0.5, 0.6) is 0 Å². The van der Waals surface area contributed by atoms with Gasteiger partial charge in [-0.2, -0.15) is 0 Å². The molecule has 0 spiro atoms. The van der Waals surface area contributed by atoms with Crippen LogP contribution in [0.2, 0.25) is 0 Å². The normalized spacial score (nSPS) is 12.3. The maximum absolute atomic E-state index is 12.7. The number of carbonyl (C=O) groups is 1. The number of hydrogen-bond acceptors (Lipinski definition) is 4. The number of aliphatic hydroxyl groups is 1. The Balaban J connectivity index is 2.62. The second kappa shape index (κ2) is 7.28. The van der Waals surface area contributed by atoms with Crippen LogP contribution < -0.4 is 16.5 Å². The second-order valence-corrected chi connectivity index (χ2v) is 5.61. The van der Waals surface area contributed by atoms with E-state index in [9.17, 15) is 9.59 Å². The fraction of sp³-hybridized carbons (Fsp3) is 0.412. The summed E-state index contributed by atoms with van der Waals surface area (Å²) in [6.07, 6.45) is 2.91. The first-order valence-corrected chi connectivity index (χ1v) is 7.83. The number of anilines is 1. The van der Waals surface area contributed by atoms with Crippen molar-refractivity contribution in [3.05, 3.63) is 40.2 Å². The molecule has 1 heterocycles. The first-order chi connectivity index (χ1) is 11.0. The van der Waals surface area contributed by atoms with E-state index in [0.717, 1.165) is 11.9 Å². The molecule has 4 N–H and O–H groups in total. The predicted octanol–water partition coefficient (Wildman–Crippen LogP) is 1.67. The lowest BCUT2D eigenvalue weighted by Gasteiger charge is -2.19. The summed E-state index contributed by atoms with van der Waals surface area (Å²) < 4.78 is 1.92. The number of rotatable bonds is 6. The number of nitrogens with zero attached hydrogens (tertiary/aromatic N) is 1. The Bertz CT molecular complexity index is 768. The van der Waals surface area contributed by atoms with E-state index in [1.165, 1.54) is 0 Å². The van der Waals surface area contributed by atoms with E-state index in [1.807, 2.05) is 24.5 Å². The SMILES string of the molecule is CCC(C)n1cc(C(=O)NCCCO)c(=O)c2c(N)cccc21. The van der Waals surface area contributed by atoms with E-state index in [2.05, 4.69) is 5.32 Å². The van der Waals surface area contributed by atoms with Crippen LogP contribution in [0.25, 0.3) is 10.9 Å². The monoisotopic (exact) mass is 317 g/mol. The standard InChI is InChI=1S/C17H23N3O3/c1-3-11(2)20-10-12(17(23)19-8-5-9-21)16(22)15-13(18)6-4-7-14(15)20/h4,6-7,10-11,21H,3,5,8-9,18H2,1-2H3,(H,19,23). The molecule has 0 aliphatic heterocycles. The Morgan fingerprint density at radius 1 is 1.43 bits per heavy atom. The van der Waals surface area contributed by atoms with Gasteiger partial charge in [0, 0.05) is 31.1 Å². The van der Waals surface area contributed by atoms with Crippen molar-refractivity contribution in [1.29, 1.82) is 0 Å². The highest BCUT2D eigenvalue weighted by atomic mass is 16.3. The van der Waals surface area contributed by atoms with Crippen LogP contribution >= 0.6 is 0 Å². The van der Waals surface area contributed by atoms with Crippen LogP contribution in [0, 0.1) is 0 Å². The molecule has 6 nitrogen and oxygen atoms in total. The van der Waals surface area contributed by atoms with Gasteiger partial charge in [0.05, 0.1) is 10.9 Å².